The Hall–Kier alpha value is -2.01. The Labute approximate surface area is 115 Å². The molecule has 0 aliphatic carbocycles. The number of carbonyl (C=O) groups excluding carboxylic acids is 1. The number of ether oxygens (including phenoxy) is 1. The van der Waals surface area contributed by atoms with E-state index in [-0.39, 0.29) is 11.7 Å². The van der Waals surface area contributed by atoms with Crippen molar-refractivity contribution < 1.29 is 14.6 Å². The van der Waals surface area contributed by atoms with Gasteiger partial charge in [-0.25, -0.2) is 0 Å². The average molecular weight is 277 g/mol. The van der Waals surface area contributed by atoms with Crippen molar-refractivity contribution in [2.24, 2.45) is 0 Å². The number of nitrogens with one attached hydrogen (secondary N) is 1. The third-order valence-corrected chi connectivity index (χ3v) is 3.74. The lowest BCUT2D eigenvalue weighted by atomic mass is 10.1. The van der Waals surface area contributed by atoms with Crippen molar-refractivity contribution in [3.05, 3.63) is 39.6 Å². The SMILES string of the molecule is COc1ccsc1C(=O)Nc1cc(C)c(O)cc1C. The lowest BCUT2D eigenvalue weighted by Crippen LogP contribution is -2.12. The van der Waals surface area contributed by atoms with Gasteiger partial charge in [-0.15, -0.1) is 11.3 Å². The predicted molar refractivity (Wildman–Crippen MR) is 76.4 cm³/mol. The highest BCUT2D eigenvalue weighted by atomic mass is 32.1. The zero-order valence-electron chi connectivity index (χ0n) is 11.0. The smallest absolute Gasteiger partial charge is 0.269 e. The molecule has 4 nitrogen and oxygen atoms in total. The largest absolute Gasteiger partial charge is 0.508 e. The number of hydrogen-bond acceptors (Lipinski definition) is 4. The lowest BCUT2D eigenvalue weighted by Gasteiger charge is -2.10. The Morgan fingerprint density at radius 3 is 2.74 bits per heavy atom. The Morgan fingerprint density at radius 2 is 2.05 bits per heavy atom. The van der Waals surface area contributed by atoms with Crippen molar-refractivity contribution in [2.45, 2.75) is 13.8 Å². The number of benzene rings is 1. The van der Waals surface area contributed by atoms with Gasteiger partial charge < -0.3 is 15.2 Å². The second kappa shape index (κ2) is 5.32. The van der Waals surface area contributed by atoms with Gasteiger partial charge in [0.2, 0.25) is 0 Å². The fourth-order valence-electron chi connectivity index (χ4n) is 1.74. The second-order valence-corrected chi connectivity index (χ2v) is 5.14. The molecule has 1 heterocycles. The number of phenolic OH excluding ortho intramolecular Hbond substituents is 1. The first-order chi connectivity index (χ1) is 9.02. The van der Waals surface area contributed by atoms with Gasteiger partial charge in [-0.2, -0.15) is 0 Å². The second-order valence-electron chi connectivity index (χ2n) is 4.23. The number of thiophene rings is 1. The molecule has 0 spiro atoms. The minimum Gasteiger partial charge on any atom is -0.508 e. The fourth-order valence-corrected chi connectivity index (χ4v) is 2.49. The summed E-state index contributed by atoms with van der Waals surface area (Å²) in [5, 5.41) is 14.2. The van der Waals surface area contributed by atoms with Crippen molar-refractivity contribution in [3.8, 4) is 11.5 Å². The summed E-state index contributed by atoms with van der Waals surface area (Å²) < 4.78 is 5.13. The molecule has 0 saturated heterocycles. The van der Waals surface area contributed by atoms with Crippen LogP contribution in [0.15, 0.2) is 23.6 Å². The monoisotopic (exact) mass is 277 g/mol. The summed E-state index contributed by atoms with van der Waals surface area (Å²) in [5.41, 5.74) is 2.22. The van der Waals surface area contributed by atoms with E-state index in [0.717, 1.165) is 11.1 Å². The van der Waals surface area contributed by atoms with Gasteiger partial charge in [-0.1, -0.05) is 0 Å². The molecule has 0 radical (unpaired) electrons. The van der Waals surface area contributed by atoms with Crippen LogP contribution in [0, 0.1) is 13.8 Å². The van der Waals surface area contributed by atoms with Crippen LogP contribution in [0.3, 0.4) is 0 Å². The van der Waals surface area contributed by atoms with E-state index in [9.17, 15) is 9.90 Å². The normalized spacial score (nSPS) is 10.3. The molecule has 0 atom stereocenters. The number of carbonyl (C=O) groups is 1. The minimum absolute atomic E-state index is 0.208. The number of aryl methyl sites for hydroxylation is 2. The molecular weight excluding hydrogens is 262 g/mol. The molecule has 0 aliphatic heterocycles. The highest BCUT2D eigenvalue weighted by molar-refractivity contribution is 7.12. The van der Waals surface area contributed by atoms with E-state index < -0.39 is 0 Å². The van der Waals surface area contributed by atoms with Gasteiger partial charge in [0.1, 0.15) is 16.4 Å². The topological polar surface area (TPSA) is 58.6 Å². The first-order valence-corrected chi connectivity index (χ1v) is 6.64. The molecule has 19 heavy (non-hydrogen) atoms. The molecule has 100 valence electrons. The maximum atomic E-state index is 12.2. The molecule has 2 N–H and O–H groups in total. The Morgan fingerprint density at radius 1 is 1.32 bits per heavy atom. The molecule has 1 aromatic carbocycles. The number of phenols is 1. The Bertz CT molecular complexity index is 619. The summed E-state index contributed by atoms with van der Waals surface area (Å²) in [6.07, 6.45) is 0. The van der Waals surface area contributed by atoms with Crippen molar-refractivity contribution in [3.63, 3.8) is 0 Å². The molecule has 2 rings (SSSR count). The summed E-state index contributed by atoms with van der Waals surface area (Å²) in [4.78, 5) is 12.7. The van der Waals surface area contributed by atoms with Crippen molar-refractivity contribution in [1.29, 1.82) is 0 Å². The molecule has 2 aromatic rings. The van der Waals surface area contributed by atoms with Gasteiger partial charge in [0.15, 0.2) is 0 Å². The van der Waals surface area contributed by atoms with E-state index >= 15 is 0 Å². The summed E-state index contributed by atoms with van der Waals surface area (Å²) >= 11 is 1.33. The van der Waals surface area contributed by atoms with E-state index in [1.54, 1.807) is 25.1 Å². The molecule has 0 unspecified atom stereocenters. The predicted octanol–water partition coefficient (Wildman–Crippen LogP) is 3.33. The first-order valence-electron chi connectivity index (χ1n) is 5.76. The summed E-state index contributed by atoms with van der Waals surface area (Å²) in [7, 11) is 1.54. The summed E-state index contributed by atoms with van der Waals surface area (Å²) in [5.74, 6) is 0.583. The lowest BCUT2D eigenvalue weighted by molar-refractivity contribution is 0.102. The molecule has 0 bridgehead atoms. The maximum Gasteiger partial charge on any atom is 0.269 e. The van der Waals surface area contributed by atoms with Gasteiger partial charge in [-0.3, -0.25) is 4.79 Å². The summed E-state index contributed by atoms with van der Waals surface area (Å²) in [6.45, 7) is 3.62. The molecule has 0 fully saturated rings. The number of anilines is 1. The number of methoxy groups -OCH3 is 1. The van der Waals surface area contributed by atoms with E-state index in [1.807, 2.05) is 12.3 Å². The van der Waals surface area contributed by atoms with Crippen molar-refractivity contribution in [2.75, 3.05) is 12.4 Å². The van der Waals surface area contributed by atoms with Crippen LogP contribution in [0.2, 0.25) is 0 Å². The van der Waals surface area contributed by atoms with E-state index in [1.165, 1.54) is 18.4 Å². The highest BCUT2D eigenvalue weighted by Gasteiger charge is 2.15. The fraction of sp³-hybridized carbons (Fsp3) is 0.214. The van der Waals surface area contributed by atoms with Crippen LogP contribution >= 0.6 is 11.3 Å². The van der Waals surface area contributed by atoms with Crippen molar-refractivity contribution >= 4 is 22.9 Å². The standard InChI is InChI=1S/C14H15NO3S/c1-8-7-11(16)9(2)6-10(8)15-14(17)13-12(18-3)4-5-19-13/h4-7,16H,1-3H3,(H,15,17). The molecule has 1 amide bonds. The minimum atomic E-state index is -0.208. The molecule has 5 heteroatoms. The van der Waals surface area contributed by atoms with Gasteiger partial charge in [-0.05, 0) is 48.6 Å². The maximum absolute atomic E-state index is 12.2. The first kappa shape index (κ1) is 13.4. The van der Waals surface area contributed by atoms with Crippen LogP contribution in [0.1, 0.15) is 20.8 Å². The van der Waals surface area contributed by atoms with Gasteiger partial charge in [0.25, 0.3) is 5.91 Å². The number of amides is 1. The Balaban J connectivity index is 2.27. The van der Waals surface area contributed by atoms with Crippen LogP contribution in [-0.4, -0.2) is 18.1 Å². The van der Waals surface area contributed by atoms with E-state index in [0.29, 0.717) is 16.3 Å². The molecule has 1 aromatic heterocycles. The zero-order chi connectivity index (χ0) is 14.0. The quantitative estimate of drug-likeness (QED) is 0.846. The van der Waals surface area contributed by atoms with Crippen LogP contribution in [0.25, 0.3) is 0 Å². The highest BCUT2D eigenvalue weighted by Crippen LogP contribution is 2.28. The third-order valence-electron chi connectivity index (χ3n) is 2.85. The van der Waals surface area contributed by atoms with Gasteiger partial charge in [0.05, 0.1) is 7.11 Å². The summed E-state index contributed by atoms with van der Waals surface area (Å²) in [6, 6.07) is 5.15. The van der Waals surface area contributed by atoms with Crippen LogP contribution < -0.4 is 10.1 Å². The van der Waals surface area contributed by atoms with Crippen molar-refractivity contribution in [1.82, 2.24) is 0 Å². The zero-order valence-corrected chi connectivity index (χ0v) is 11.8. The number of rotatable bonds is 3. The Kier molecular flexibility index (Phi) is 3.76. The van der Waals surface area contributed by atoms with E-state index in [2.05, 4.69) is 5.32 Å². The molecule has 0 aliphatic rings. The number of aromatic hydroxyl groups is 1. The van der Waals surface area contributed by atoms with Crippen LogP contribution in [0.5, 0.6) is 11.5 Å². The number of hydrogen-bond donors (Lipinski definition) is 2. The molecule has 0 saturated carbocycles. The molecular formula is C14H15NO3S. The van der Waals surface area contributed by atoms with Gasteiger partial charge in [0, 0.05) is 5.69 Å². The third kappa shape index (κ3) is 2.71. The van der Waals surface area contributed by atoms with Gasteiger partial charge >= 0.3 is 0 Å². The van der Waals surface area contributed by atoms with Crippen LogP contribution in [0.4, 0.5) is 5.69 Å². The van der Waals surface area contributed by atoms with Crippen LogP contribution in [-0.2, 0) is 0 Å². The average Bonchev–Trinajstić information content (AvgIpc) is 2.84. The van der Waals surface area contributed by atoms with E-state index in [4.69, 9.17) is 4.74 Å².